The van der Waals surface area contributed by atoms with Gasteiger partial charge >= 0.3 is 0 Å². The summed E-state index contributed by atoms with van der Waals surface area (Å²) in [5.41, 5.74) is 1.24. The van der Waals surface area contributed by atoms with Gasteiger partial charge in [0.05, 0.1) is 24.3 Å². The van der Waals surface area contributed by atoms with E-state index in [1.807, 2.05) is 6.07 Å². The van der Waals surface area contributed by atoms with Gasteiger partial charge in [-0.25, -0.2) is 0 Å². The number of methoxy groups -OCH3 is 1. The lowest BCUT2D eigenvalue weighted by Gasteiger charge is -2.32. The van der Waals surface area contributed by atoms with E-state index in [9.17, 15) is 0 Å². The van der Waals surface area contributed by atoms with Crippen molar-refractivity contribution in [3.8, 4) is 5.75 Å². The van der Waals surface area contributed by atoms with Crippen LogP contribution >= 0.6 is 15.9 Å². The number of hydrogen-bond acceptors (Lipinski definition) is 4. The highest BCUT2D eigenvalue weighted by Crippen LogP contribution is 2.25. The number of nitrogens with one attached hydrogen (secondary N) is 1. The molecule has 0 radical (unpaired) electrons. The Labute approximate surface area is 129 Å². The summed E-state index contributed by atoms with van der Waals surface area (Å²) in [7, 11) is 1.68. The van der Waals surface area contributed by atoms with Gasteiger partial charge in [0.1, 0.15) is 5.75 Å². The number of hydrogen-bond donors (Lipinski definition) is 1. The van der Waals surface area contributed by atoms with Crippen molar-refractivity contribution in [1.82, 2.24) is 10.2 Å². The molecule has 5 heteroatoms. The summed E-state index contributed by atoms with van der Waals surface area (Å²) < 4.78 is 12.0. The average molecular weight is 343 g/mol. The predicted octanol–water partition coefficient (Wildman–Crippen LogP) is 2.27. The molecule has 2 rings (SSSR count). The molecule has 0 spiro atoms. The first kappa shape index (κ1) is 15.8. The average Bonchev–Trinajstić information content (AvgIpc) is 2.48. The van der Waals surface area contributed by atoms with Crippen molar-refractivity contribution in [2.75, 3.05) is 39.9 Å². The zero-order valence-corrected chi connectivity index (χ0v) is 13.8. The van der Waals surface area contributed by atoms with Crippen LogP contribution in [0.2, 0.25) is 0 Å². The number of ether oxygens (including phenoxy) is 2. The second-order valence-corrected chi connectivity index (χ2v) is 5.84. The van der Waals surface area contributed by atoms with Crippen molar-refractivity contribution in [2.45, 2.75) is 19.6 Å². The molecular weight excluding hydrogens is 320 g/mol. The molecule has 1 saturated heterocycles. The molecule has 20 heavy (non-hydrogen) atoms. The minimum absolute atomic E-state index is 0.297. The molecule has 1 aliphatic rings. The second kappa shape index (κ2) is 7.98. The van der Waals surface area contributed by atoms with Crippen LogP contribution in [0.5, 0.6) is 5.75 Å². The van der Waals surface area contributed by atoms with Crippen LogP contribution in [0.3, 0.4) is 0 Å². The third kappa shape index (κ3) is 4.45. The molecular formula is C15H23BrN2O2. The molecule has 0 amide bonds. The number of nitrogens with zero attached hydrogens (tertiary/aromatic N) is 1. The zero-order chi connectivity index (χ0) is 14.4. The van der Waals surface area contributed by atoms with Gasteiger partial charge in [-0.3, -0.25) is 4.90 Å². The largest absolute Gasteiger partial charge is 0.496 e. The molecule has 0 unspecified atom stereocenters. The fourth-order valence-electron chi connectivity index (χ4n) is 2.39. The highest BCUT2D eigenvalue weighted by molar-refractivity contribution is 9.10. The standard InChI is InChI=1S/C15H23BrN2O2/c1-3-18-6-7-20-13(11-18)10-17-9-12-4-5-15(19-2)14(16)8-12/h4-5,8,13,17H,3,6-7,9-11H2,1-2H3/t13-/m1/s1. The van der Waals surface area contributed by atoms with Gasteiger partial charge in [-0.2, -0.15) is 0 Å². The van der Waals surface area contributed by atoms with Gasteiger partial charge in [-0.05, 0) is 40.2 Å². The molecule has 1 N–H and O–H groups in total. The van der Waals surface area contributed by atoms with E-state index in [4.69, 9.17) is 9.47 Å². The molecule has 0 aromatic heterocycles. The third-order valence-corrected chi connectivity index (χ3v) is 4.21. The summed E-state index contributed by atoms with van der Waals surface area (Å²) in [6, 6.07) is 6.15. The fourth-order valence-corrected chi connectivity index (χ4v) is 2.98. The number of benzene rings is 1. The molecule has 0 bridgehead atoms. The Balaban J connectivity index is 1.76. The Bertz CT molecular complexity index is 428. The van der Waals surface area contributed by atoms with Crippen LogP contribution < -0.4 is 10.1 Å². The SMILES string of the molecule is CCN1CCO[C@H](CNCc2ccc(OC)c(Br)c2)C1. The lowest BCUT2D eigenvalue weighted by atomic mass is 10.2. The van der Waals surface area contributed by atoms with Gasteiger partial charge < -0.3 is 14.8 Å². The van der Waals surface area contributed by atoms with E-state index in [1.165, 1.54) is 5.56 Å². The summed E-state index contributed by atoms with van der Waals surface area (Å²) >= 11 is 3.51. The summed E-state index contributed by atoms with van der Waals surface area (Å²) in [4.78, 5) is 2.43. The van der Waals surface area contributed by atoms with E-state index in [2.05, 4.69) is 45.2 Å². The van der Waals surface area contributed by atoms with E-state index in [0.29, 0.717) is 6.10 Å². The fraction of sp³-hybridized carbons (Fsp3) is 0.600. The van der Waals surface area contributed by atoms with Crippen LogP contribution in [0.1, 0.15) is 12.5 Å². The van der Waals surface area contributed by atoms with E-state index >= 15 is 0 Å². The maximum Gasteiger partial charge on any atom is 0.133 e. The Kier molecular flexibility index (Phi) is 6.29. The van der Waals surface area contributed by atoms with Gasteiger partial charge in [-0.15, -0.1) is 0 Å². The van der Waals surface area contributed by atoms with Crippen LogP contribution in [0.4, 0.5) is 0 Å². The normalized spacial score (nSPS) is 20.1. The van der Waals surface area contributed by atoms with Crippen molar-refractivity contribution < 1.29 is 9.47 Å². The van der Waals surface area contributed by atoms with Gasteiger partial charge in [0, 0.05) is 26.2 Å². The minimum atomic E-state index is 0.297. The molecule has 4 nitrogen and oxygen atoms in total. The Morgan fingerprint density at radius 1 is 1.50 bits per heavy atom. The Hall–Kier alpha value is -0.620. The molecule has 1 aromatic carbocycles. The summed E-state index contributed by atoms with van der Waals surface area (Å²) in [6.07, 6.45) is 0.297. The molecule has 1 atom stereocenters. The number of likely N-dealkylation sites (N-methyl/N-ethyl adjacent to an activating group) is 1. The van der Waals surface area contributed by atoms with Gasteiger partial charge in [0.15, 0.2) is 0 Å². The molecule has 112 valence electrons. The first-order chi connectivity index (χ1) is 9.72. The monoisotopic (exact) mass is 342 g/mol. The maximum absolute atomic E-state index is 5.77. The quantitative estimate of drug-likeness (QED) is 0.859. The summed E-state index contributed by atoms with van der Waals surface area (Å²) in [5, 5.41) is 3.47. The molecule has 1 heterocycles. The number of halogens is 1. The molecule has 1 fully saturated rings. The van der Waals surface area contributed by atoms with Crippen molar-refractivity contribution in [3.63, 3.8) is 0 Å². The van der Waals surface area contributed by atoms with Crippen molar-refractivity contribution >= 4 is 15.9 Å². The Morgan fingerprint density at radius 3 is 3.05 bits per heavy atom. The lowest BCUT2D eigenvalue weighted by molar-refractivity contribution is -0.0253. The topological polar surface area (TPSA) is 33.7 Å². The van der Waals surface area contributed by atoms with Crippen LogP contribution in [0.25, 0.3) is 0 Å². The van der Waals surface area contributed by atoms with E-state index in [0.717, 1.165) is 49.6 Å². The highest BCUT2D eigenvalue weighted by Gasteiger charge is 2.18. The van der Waals surface area contributed by atoms with Crippen LogP contribution in [0.15, 0.2) is 22.7 Å². The Morgan fingerprint density at radius 2 is 2.35 bits per heavy atom. The van der Waals surface area contributed by atoms with Crippen LogP contribution in [-0.2, 0) is 11.3 Å². The highest BCUT2D eigenvalue weighted by atomic mass is 79.9. The predicted molar refractivity (Wildman–Crippen MR) is 84.3 cm³/mol. The van der Waals surface area contributed by atoms with E-state index in [1.54, 1.807) is 7.11 Å². The van der Waals surface area contributed by atoms with Crippen molar-refractivity contribution in [1.29, 1.82) is 0 Å². The van der Waals surface area contributed by atoms with Gasteiger partial charge in [0.2, 0.25) is 0 Å². The number of rotatable bonds is 6. The number of morpholine rings is 1. The van der Waals surface area contributed by atoms with Gasteiger partial charge in [0.25, 0.3) is 0 Å². The lowest BCUT2D eigenvalue weighted by Crippen LogP contribution is -2.46. The van der Waals surface area contributed by atoms with Crippen molar-refractivity contribution in [3.05, 3.63) is 28.2 Å². The summed E-state index contributed by atoms with van der Waals surface area (Å²) in [5.74, 6) is 0.864. The molecule has 1 aliphatic heterocycles. The second-order valence-electron chi connectivity index (χ2n) is 4.99. The smallest absolute Gasteiger partial charge is 0.133 e. The molecule has 0 aliphatic carbocycles. The van der Waals surface area contributed by atoms with E-state index in [-0.39, 0.29) is 0 Å². The zero-order valence-electron chi connectivity index (χ0n) is 12.2. The maximum atomic E-state index is 5.77. The van der Waals surface area contributed by atoms with Crippen molar-refractivity contribution in [2.24, 2.45) is 0 Å². The molecule has 0 saturated carbocycles. The third-order valence-electron chi connectivity index (χ3n) is 3.59. The van der Waals surface area contributed by atoms with Gasteiger partial charge in [-0.1, -0.05) is 13.0 Å². The summed E-state index contributed by atoms with van der Waals surface area (Å²) in [6.45, 7) is 7.95. The first-order valence-corrected chi connectivity index (χ1v) is 7.89. The molecule has 1 aromatic rings. The van der Waals surface area contributed by atoms with Crippen LogP contribution in [0, 0.1) is 0 Å². The minimum Gasteiger partial charge on any atom is -0.496 e. The first-order valence-electron chi connectivity index (χ1n) is 7.10. The van der Waals surface area contributed by atoms with Crippen LogP contribution in [-0.4, -0.2) is 50.9 Å². The van der Waals surface area contributed by atoms with E-state index < -0.39 is 0 Å².